The van der Waals surface area contributed by atoms with E-state index in [-0.39, 0.29) is 12.3 Å². The second-order valence-corrected chi connectivity index (χ2v) is 18.9. The average molecular weight is 1070 g/mol. The molecule has 12 N–H and O–H groups in total. The van der Waals surface area contributed by atoms with Gasteiger partial charge in [-0.25, -0.2) is 0 Å². The molecular weight excluding hydrogens is 975 g/mol. The number of carbonyl (C=O) groups is 1. The Morgan fingerprint density at radius 2 is 0.933 bits per heavy atom. The molecule has 0 radical (unpaired) electrons. The van der Waals surface area contributed by atoms with Gasteiger partial charge < -0.3 is 89.9 Å². The molecule has 75 heavy (non-hydrogen) atoms. The summed E-state index contributed by atoms with van der Waals surface area (Å²) in [7, 11) is 0. The minimum atomic E-state index is -1.99. The van der Waals surface area contributed by atoms with E-state index in [0.29, 0.717) is 19.3 Å². The van der Waals surface area contributed by atoms with Gasteiger partial charge in [0.15, 0.2) is 18.9 Å². The number of hydrogen-bond acceptors (Lipinski definition) is 18. The Morgan fingerprint density at radius 1 is 0.493 bits per heavy atom. The van der Waals surface area contributed by atoms with E-state index in [1.54, 1.807) is 12.2 Å². The first-order valence-electron chi connectivity index (χ1n) is 27.0. The van der Waals surface area contributed by atoms with E-state index < -0.39 is 131 Å². The van der Waals surface area contributed by atoms with Gasteiger partial charge in [0.25, 0.3) is 0 Å². The van der Waals surface area contributed by atoms with Crippen LogP contribution in [0.1, 0.15) is 117 Å². The molecule has 0 bridgehead atoms. The Bertz CT molecular complexity index is 1750. The van der Waals surface area contributed by atoms with Crippen molar-refractivity contribution < 1.29 is 89.4 Å². The van der Waals surface area contributed by atoms with Crippen LogP contribution in [0.15, 0.2) is 97.2 Å². The molecule has 1 amide bonds. The molecule has 0 aliphatic carbocycles. The SMILES string of the molecule is CC/C=C\C/C=C\C/C=C\C/C=C\C/C=C\C/C=C\CCC(=O)NC(COC1OC(CO)C(OC2OC(CO)C(OC3OC(CO)C(O)C(O)C3O)C(O)C2O)C(O)C1O)C(O)/C=C/CC/C=C/CCCCCCC. The van der Waals surface area contributed by atoms with E-state index in [1.807, 2.05) is 12.2 Å². The molecule has 0 aromatic carbocycles. The number of nitrogens with one attached hydrogen (secondary N) is 1. The summed E-state index contributed by atoms with van der Waals surface area (Å²) >= 11 is 0. The summed E-state index contributed by atoms with van der Waals surface area (Å²) in [5.74, 6) is -0.375. The fourth-order valence-electron chi connectivity index (χ4n) is 8.40. The van der Waals surface area contributed by atoms with Gasteiger partial charge in [-0.15, -0.1) is 0 Å². The summed E-state index contributed by atoms with van der Waals surface area (Å²) in [6.07, 6.45) is 20.0. The predicted molar refractivity (Wildman–Crippen MR) is 281 cm³/mol. The molecule has 428 valence electrons. The zero-order valence-electron chi connectivity index (χ0n) is 44.0. The highest BCUT2D eigenvalue weighted by molar-refractivity contribution is 5.76. The van der Waals surface area contributed by atoms with Crippen LogP contribution in [0.5, 0.6) is 0 Å². The fraction of sp³-hybridized carbons (Fsp3) is 0.696. The zero-order chi connectivity index (χ0) is 54.8. The molecule has 0 saturated carbocycles. The van der Waals surface area contributed by atoms with E-state index in [9.17, 15) is 61.0 Å². The third-order valence-corrected chi connectivity index (χ3v) is 12.9. The van der Waals surface area contributed by atoms with Crippen molar-refractivity contribution >= 4 is 5.91 Å². The van der Waals surface area contributed by atoms with Gasteiger partial charge in [0.2, 0.25) is 5.91 Å². The van der Waals surface area contributed by atoms with E-state index in [2.05, 4.69) is 92.1 Å². The largest absolute Gasteiger partial charge is 0.394 e. The van der Waals surface area contributed by atoms with Crippen LogP contribution in [-0.2, 0) is 33.2 Å². The number of carbonyl (C=O) groups excluding carboxylic acids is 1. The lowest BCUT2D eigenvalue weighted by atomic mass is 9.96. The highest BCUT2D eigenvalue weighted by Crippen LogP contribution is 2.33. The lowest BCUT2D eigenvalue weighted by molar-refractivity contribution is -0.379. The van der Waals surface area contributed by atoms with Crippen molar-refractivity contribution in [1.29, 1.82) is 0 Å². The lowest BCUT2D eigenvalue weighted by Gasteiger charge is -2.48. The van der Waals surface area contributed by atoms with Crippen molar-refractivity contribution in [2.45, 2.75) is 221 Å². The van der Waals surface area contributed by atoms with Crippen LogP contribution < -0.4 is 5.32 Å². The smallest absolute Gasteiger partial charge is 0.220 e. The normalized spacial score (nSPS) is 32.0. The van der Waals surface area contributed by atoms with Crippen molar-refractivity contribution in [3.8, 4) is 0 Å². The van der Waals surface area contributed by atoms with Gasteiger partial charge in [-0.3, -0.25) is 4.79 Å². The number of allylic oxidation sites excluding steroid dienone is 15. The average Bonchev–Trinajstić information content (AvgIpc) is 3.41. The summed E-state index contributed by atoms with van der Waals surface area (Å²) in [5, 5.41) is 120. The summed E-state index contributed by atoms with van der Waals surface area (Å²) < 4.78 is 34.0. The van der Waals surface area contributed by atoms with Crippen LogP contribution in [0.4, 0.5) is 0 Å². The second-order valence-electron chi connectivity index (χ2n) is 18.9. The van der Waals surface area contributed by atoms with Crippen molar-refractivity contribution in [3.05, 3.63) is 97.2 Å². The number of amides is 1. The first kappa shape index (κ1) is 66.0. The minimum absolute atomic E-state index is 0.104. The van der Waals surface area contributed by atoms with Gasteiger partial charge in [-0.05, 0) is 70.6 Å². The summed E-state index contributed by atoms with van der Waals surface area (Å²) in [6.45, 7) is 1.45. The maximum absolute atomic E-state index is 13.2. The minimum Gasteiger partial charge on any atom is -0.394 e. The van der Waals surface area contributed by atoms with Crippen molar-refractivity contribution in [1.82, 2.24) is 5.32 Å². The number of ether oxygens (including phenoxy) is 6. The van der Waals surface area contributed by atoms with Gasteiger partial charge in [0.05, 0.1) is 38.6 Å². The fourth-order valence-corrected chi connectivity index (χ4v) is 8.40. The van der Waals surface area contributed by atoms with E-state index in [1.165, 1.54) is 25.7 Å². The maximum Gasteiger partial charge on any atom is 0.220 e. The Morgan fingerprint density at radius 3 is 1.47 bits per heavy atom. The van der Waals surface area contributed by atoms with Crippen molar-refractivity contribution in [2.75, 3.05) is 26.4 Å². The maximum atomic E-state index is 13.2. The molecule has 3 aliphatic rings. The molecule has 19 heteroatoms. The van der Waals surface area contributed by atoms with Crippen molar-refractivity contribution in [3.63, 3.8) is 0 Å². The second kappa shape index (κ2) is 39.1. The summed E-state index contributed by atoms with van der Waals surface area (Å²) in [5.41, 5.74) is 0. The molecule has 17 atom stereocenters. The lowest BCUT2D eigenvalue weighted by Crippen LogP contribution is -2.66. The van der Waals surface area contributed by atoms with Crippen LogP contribution >= 0.6 is 0 Å². The Hall–Kier alpha value is -3.29. The molecular formula is C56H91NO18. The molecule has 3 saturated heterocycles. The van der Waals surface area contributed by atoms with Crippen LogP contribution in [0.2, 0.25) is 0 Å². The molecule has 19 nitrogen and oxygen atoms in total. The Kier molecular flexibility index (Phi) is 34.4. The quantitative estimate of drug-likeness (QED) is 0.0317. The Balaban J connectivity index is 1.57. The zero-order valence-corrected chi connectivity index (χ0v) is 44.0. The Labute approximate surface area is 443 Å². The van der Waals surface area contributed by atoms with Gasteiger partial charge in [-0.1, -0.05) is 137 Å². The number of aliphatic hydroxyl groups is 11. The summed E-state index contributed by atoms with van der Waals surface area (Å²) in [6, 6.07) is -1.03. The molecule has 17 unspecified atom stereocenters. The van der Waals surface area contributed by atoms with Crippen LogP contribution in [0.25, 0.3) is 0 Å². The third kappa shape index (κ3) is 24.1. The summed E-state index contributed by atoms with van der Waals surface area (Å²) in [4.78, 5) is 13.2. The molecule has 0 aromatic heterocycles. The van der Waals surface area contributed by atoms with Crippen LogP contribution in [0.3, 0.4) is 0 Å². The molecule has 3 heterocycles. The monoisotopic (exact) mass is 1070 g/mol. The highest BCUT2D eigenvalue weighted by Gasteiger charge is 2.53. The van der Waals surface area contributed by atoms with Crippen molar-refractivity contribution in [2.24, 2.45) is 0 Å². The van der Waals surface area contributed by atoms with Gasteiger partial charge in [-0.2, -0.15) is 0 Å². The predicted octanol–water partition coefficient (Wildman–Crippen LogP) is 3.03. The first-order chi connectivity index (χ1) is 36.3. The number of unbranched alkanes of at least 4 members (excludes halogenated alkanes) is 6. The van der Waals surface area contributed by atoms with Gasteiger partial charge in [0.1, 0.15) is 73.2 Å². The van der Waals surface area contributed by atoms with E-state index >= 15 is 0 Å². The highest BCUT2D eigenvalue weighted by atomic mass is 16.8. The molecule has 0 aromatic rings. The molecule has 3 fully saturated rings. The molecule has 0 spiro atoms. The number of rotatable bonds is 36. The first-order valence-corrected chi connectivity index (χ1v) is 27.0. The molecule has 3 rings (SSSR count). The van der Waals surface area contributed by atoms with Gasteiger partial charge >= 0.3 is 0 Å². The van der Waals surface area contributed by atoms with E-state index in [4.69, 9.17) is 28.4 Å². The van der Waals surface area contributed by atoms with Crippen LogP contribution in [-0.4, -0.2) is 193 Å². The standard InChI is InChI=1S/C56H91NO18/c1-3-5-7-9-11-13-15-16-17-18-19-20-21-22-24-26-28-30-32-34-44(62)57-39(40(61)33-31-29-27-25-23-14-12-10-8-6-4-2)38-70-54-50(68)47(65)52(42(36-59)72-54)75-56-51(69)48(66)53(43(37-60)73-56)74-55-49(67)46(64)45(63)41(35-58)71-55/h5,7,11,13,16-17,19-20,22-25,28,30-31,33,39-43,45-56,58-61,63-69H,3-4,6,8-10,12,14-15,18,21,26-27,29,32,34-38H2,1-2H3,(H,57,62)/b7-5-,13-11-,17-16-,20-19-,24-22-,25-23+,30-28-,33-31+. The number of aliphatic hydroxyl groups excluding tert-OH is 11. The van der Waals surface area contributed by atoms with Crippen LogP contribution in [0, 0.1) is 0 Å². The van der Waals surface area contributed by atoms with E-state index in [0.717, 1.165) is 51.4 Å². The van der Waals surface area contributed by atoms with Gasteiger partial charge in [0, 0.05) is 6.42 Å². The topological polar surface area (TPSA) is 307 Å². The number of hydrogen-bond donors (Lipinski definition) is 12. The molecule has 3 aliphatic heterocycles. The third-order valence-electron chi connectivity index (χ3n) is 12.9.